The summed E-state index contributed by atoms with van der Waals surface area (Å²) in [5, 5.41) is 11.6. The van der Waals surface area contributed by atoms with Gasteiger partial charge in [0.15, 0.2) is 0 Å². The van der Waals surface area contributed by atoms with Gasteiger partial charge < -0.3 is 10.6 Å². The molecule has 0 saturated heterocycles. The number of carbonyl (C=O) groups excluding carboxylic acids is 2. The van der Waals surface area contributed by atoms with Crippen molar-refractivity contribution in [1.29, 1.82) is 0 Å². The van der Waals surface area contributed by atoms with E-state index < -0.39 is 0 Å². The Morgan fingerprint density at radius 1 is 0.889 bits per heavy atom. The summed E-state index contributed by atoms with van der Waals surface area (Å²) in [4.78, 5) is 34.9. The minimum Gasteiger partial charge on any atom is -0.352 e. The Hall–Kier alpha value is -2.62. The second kappa shape index (κ2) is 7.95. The molecule has 6 nitrogen and oxygen atoms in total. The fourth-order valence-corrected chi connectivity index (χ4v) is 4.59. The highest BCUT2D eigenvalue weighted by Gasteiger charge is 2.18. The first-order valence-electron chi connectivity index (χ1n) is 8.11. The van der Waals surface area contributed by atoms with Crippen molar-refractivity contribution in [2.45, 2.75) is 0 Å². The first kappa shape index (κ1) is 17.8. The lowest BCUT2D eigenvalue weighted by atomic mass is 10.2. The lowest BCUT2D eigenvalue weighted by molar-refractivity contribution is 0.0958. The van der Waals surface area contributed by atoms with E-state index in [9.17, 15) is 9.59 Å². The normalized spacial score (nSPS) is 10.8. The molecule has 0 bridgehead atoms. The van der Waals surface area contributed by atoms with Gasteiger partial charge in [0.2, 0.25) is 11.7 Å². The van der Waals surface area contributed by atoms with Gasteiger partial charge in [0.25, 0.3) is 5.91 Å². The van der Waals surface area contributed by atoms with Gasteiger partial charge in [-0.2, -0.15) is 0 Å². The molecule has 27 heavy (non-hydrogen) atoms. The quantitative estimate of drug-likeness (QED) is 0.354. The van der Waals surface area contributed by atoms with Crippen molar-refractivity contribution in [3.8, 4) is 0 Å². The lowest BCUT2D eigenvalue weighted by Crippen LogP contribution is -2.28. The van der Waals surface area contributed by atoms with Crippen molar-refractivity contribution in [2.24, 2.45) is 0 Å². The number of nitrogens with zero attached hydrogens (tertiary/aromatic N) is 2. The summed E-state index contributed by atoms with van der Waals surface area (Å²) in [6.45, 7) is 0.884. The maximum absolute atomic E-state index is 12.8. The topological polar surface area (TPSA) is 84.0 Å². The van der Waals surface area contributed by atoms with Crippen LogP contribution in [-0.4, -0.2) is 34.7 Å². The van der Waals surface area contributed by atoms with E-state index in [1.54, 1.807) is 12.1 Å². The van der Waals surface area contributed by atoms with Crippen LogP contribution in [0, 0.1) is 0 Å². The highest BCUT2D eigenvalue weighted by molar-refractivity contribution is 7.17. The van der Waals surface area contributed by atoms with Crippen LogP contribution in [0.3, 0.4) is 0 Å². The number of fused-ring (bicyclic) bond motifs is 1. The van der Waals surface area contributed by atoms with Gasteiger partial charge in [-0.05, 0) is 34.3 Å². The molecule has 136 valence electrons. The van der Waals surface area contributed by atoms with Crippen molar-refractivity contribution >= 4 is 61.9 Å². The smallest absolute Gasteiger partial charge is 0.261 e. The number of ketones is 1. The molecular formula is C18H14N4O2S3. The minimum atomic E-state index is -0.103. The van der Waals surface area contributed by atoms with Crippen LogP contribution in [0.25, 0.3) is 10.2 Å². The van der Waals surface area contributed by atoms with Crippen LogP contribution in [-0.2, 0) is 0 Å². The highest BCUT2D eigenvalue weighted by Crippen LogP contribution is 2.26. The zero-order valence-electron chi connectivity index (χ0n) is 14.0. The number of aromatic nitrogens is 2. The van der Waals surface area contributed by atoms with Gasteiger partial charge in [0.1, 0.15) is 5.69 Å². The zero-order valence-corrected chi connectivity index (χ0v) is 16.4. The molecule has 1 amide bonds. The lowest BCUT2D eigenvalue weighted by Gasteiger charge is -2.08. The van der Waals surface area contributed by atoms with E-state index in [1.807, 2.05) is 34.3 Å². The average molecular weight is 415 g/mol. The van der Waals surface area contributed by atoms with Gasteiger partial charge in [-0.3, -0.25) is 9.59 Å². The molecule has 0 fully saturated rings. The van der Waals surface area contributed by atoms with E-state index in [2.05, 4.69) is 20.6 Å². The van der Waals surface area contributed by atoms with Crippen LogP contribution >= 0.6 is 34.0 Å². The summed E-state index contributed by atoms with van der Waals surface area (Å²) in [5.41, 5.74) is 1.14. The molecule has 0 unspecified atom stereocenters. The standard InChI is InChI=1S/C18H14N4O2S3/c23-15(12-3-1-8-25-12)14-16-11(5-10-27-16)21-18(22-14)20-7-6-19-17(24)13-4-2-9-26-13/h1-5,8-10H,6-7H2,(H,19,24)(H,20,21,22). The molecule has 0 aromatic carbocycles. The number of carbonyl (C=O) groups is 2. The van der Waals surface area contributed by atoms with Gasteiger partial charge in [-0.15, -0.1) is 34.0 Å². The summed E-state index contributed by atoms with van der Waals surface area (Å²) in [7, 11) is 0. The third kappa shape index (κ3) is 3.90. The number of amides is 1. The summed E-state index contributed by atoms with van der Waals surface area (Å²) < 4.78 is 0.782. The summed E-state index contributed by atoms with van der Waals surface area (Å²) >= 11 is 4.25. The molecular weight excluding hydrogens is 400 g/mol. The molecule has 4 heterocycles. The van der Waals surface area contributed by atoms with Crippen LogP contribution < -0.4 is 10.6 Å². The van der Waals surface area contributed by atoms with Gasteiger partial charge in [0, 0.05) is 13.1 Å². The van der Waals surface area contributed by atoms with Crippen molar-refractivity contribution < 1.29 is 9.59 Å². The Morgan fingerprint density at radius 3 is 2.41 bits per heavy atom. The zero-order chi connectivity index (χ0) is 18.6. The number of thiophene rings is 3. The number of hydrogen-bond donors (Lipinski definition) is 2. The molecule has 9 heteroatoms. The molecule has 0 radical (unpaired) electrons. The Morgan fingerprint density at radius 2 is 1.67 bits per heavy atom. The van der Waals surface area contributed by atoms with E-state index in [0.29, 0.717) is 34.5 Å². The Labute approximate surface area is 166 Å². The predicted molar refractivity (Wildman–Crippen MR) is 110 cm³/mol. The Bertz CT molecular complexity index is 1070. The van der Waals surface area contributed by atoms with Crippen molar-refractivity contribution in [1.82, 2.24) is 15.3 Å². The van der Waals surface area contributed by atoms with Crippen molar-refractivity contribution in [3.05, 3.63) is 61.9 Å². The SMILES string of the molecule is O=C(NCCNc1nc(C(=O)c2cccs2)c2sccc2n1)c1cccs1. The maximum atomic E-state index is 12.8. The van der Waals surface area contributed by atoms with Crippen molar-refractivity contribution in [2.75, 3.05) is 18.4 Å². The maximum Gasteiger partial charge on any atom is 0.261 e. The second-order valence-electron chi connectivity index (χ2n) is 5.50. The Kier molecular flexibility index (Phi) is 5.23. The molecule has 4 rings (SSSR count). The van der Waals surface area contributed by atoms with E-state index in [4.69, 9.17) is 0 Å². The number of nitrogens with one attached hydrogen (secondary N) is 2. The van der Waals surface area contributed by atoms with Crippen LogP contribution in [0.2, 0.25) is 0 Å². The number of anilines is 1. The predicted octanol–water partition coefficient (Wildman–Crippen LogP) is 3.89. The molecule has 4 aromatic rings. The largest absolute Gasteiger partial charge is 0.352 e. The monoisotopic (exact) mass is 414 g/mol. The van der Waals surface area contributed by atoms with Gasteiger partial charge in [-0.1, -0.05) is 12.1 Å². The first-order chi connectivity index (χ1) is 13.2. The first-order valence-corrected chi connectivity index (χ1v) is 10.8. The molecule has 0 aliphatic heterocycles. The molecule has 0 spiro atoms. The average Bonchev–Trinajstić information content (AvgIpc) is 3.44. The number of rotatable bonds is 7. The number of hydrogen-bond acceptors (Lipinski definition) is 8. The second-order valence-corrected chi connectivity index (χ2v) is 8.31. The summed E-state index contributed by atoms with van der Waals surface area (Å²) in [6, 6.07) is 9.13. The van der Waals surface area contributed by atoms with E-state index >= 15 is 0 Å². The Balaban J connectivity index is 1.46. The highest BCUT2D eigenvalue weighted by atomic mass is 32.1. The van der Waals surface area contributed by atoms with E-state index in [0.717, 1.165) is 10.2 Å². The fraction of sp³-hybridized carbons (Fsp3) is 0.111. The minimum absolute atomic E-state index is 0.102. The van der Waals surface area contributed by atoms with Crippen LogP contribution in [0.5, 0.6) is 0 Å². The van der Waals surface area contributed by atoms with Gasteiger partial charge >= 0.3 is 0 Å². The van der Waals surface area contributed by atoms with Crippen LogP contribution in [0.1, 0.15) is 25.0 Å². The van der Waals surface area contributed by atoms with Crippen molar-refractivity contribution in [3.63, 3.8) is 0 Å². The van der Waals surface area contributed by atoms with E-state index in [1.165, 1.54) is 34.0 Å². The molecule has 0 aliphatic rings. The third-order valence-corrected chi connectivity index (χ3v) is 6.35. The summed E-state index contributed by atoms with van der Waals surface area (Å²) in [5.74, 6) is 0.176. The summed E-state index contributed by atoms with van der Waals surface area (Å²) in [6.07, 6.45) is 0. The molecule has 2 N–H and O–H groups in total. The van der Waals surface area contributed by atoms with E-state index in [-0.39, 0.29) is 11.7 Å². The molecule has 0 aliphatic carbocycles. The van der Waals surface area contributed by atoms with Gasteiger partial charge in [-0.25, -0.2) is 9.97 Å². The van der Waals surface area contributed by atoms with Crippen LogP contribution in [0.4, 0.5) is 5.95 Å². The molecule has 0 atom stereocenters. The molecule has 0 saturated carbocycles. The third-order valence-electron chi connectivity index (χ3n) is 3.70. The molecule has 4 aromatic heterocycles. The van der Waals surface area contributed by atoms with Crippen LogP contribution in [0.15, 0.2) is 46.5 Å². The van der Waals surface area contributed by atoms with Gasteiger partial charge in [0.05, 0.1) is 20.0 Å². The fourth-order valence-electron chi connectivity index (χ4n) is 2.47.